The van der Waals surface area contributed by atoms with E-state index in [-0.39, 0.29) is 18.9 Å². The molecule has 1 aliphatic heterocycles. The fourth-order valence-electron chi connectivity index (χ4n) is 2.11. The standard InChI is InChI=1S/C12H14N2O5S/c1-6(15)13-10-3-2-9(20-10)11(17)14-5-7(16)4-8(14)12(18)19/h2-3,7-8,16H,4-5H2,1H3,(H,13,15)(H,18,19)/t7-,8-/m0/s1. The zero-order chi connectivity index (χ0) is 14.9. The second-order valence-corrected chi connectivity index (χ2v) is 5.63. The number of rotatable bonds is 3. The Morgan fingerprint density at radius 2 is 2.10 bits per heavy atom. The number of aliphatic hydroxyl groups excluding tert-OH is 1. The van der Waals surface area contributed by atoms with Crippen molar-refractivity contribution in [1.82, 2.24) is 4.90 Å². The van der Waals surface area contributed by atoms with Crippen LogP contribution in [0.15, 0.2) is 12.1 Å². The Morgan fingerprint density at radius 3 is 2.70 bits per heavy atom. The first-order chi connectivity index (χ1) is 9.38. The number of hydrogen-bond acceptors (Lipinski definition) is 5. The van der Waals surface area contributed by atoms with Gasteiger partial charge in [0.15, 0.2) is 0 Å². The van der Waals surface area contributed by atoms with Gasteiger partial charge in [0, 0.05) is 19.9 Å². The minimum atomic E-state index is -1.13. The van der Waals surface area contributed by atoms with E-state index in [1.807, 2.05) is 0 Å². The number of likely N-dealkylation sites (tertiary alicyclic amines) is 1. The Balaban J connectivity index is 2.16. The highest BCUT2D eigenvalue weighted by Gasteiger charge is 2.39. The molecular weight excluding hydrogens is 284 g/mol. The second-order valence-electron chi connectivity index (χ2n) is 4.55. The molecule has 0 bridgehead atoms. The lowest BCUT2D eigenvalue weighted by atomic mass is 10.2. The molecule has 1 saturated heterocycles. The van der Waals surface area contributed by atoms with Crippen LogP contribution in [0.4, 0.5) is 5.00 Å². The van der Waals surface area contributed by atoms with E-state index in [4.69, 9.17) is 5.11 Å². The van der Waals surface area contributed by atoms with Crippen molar-refractivity contribution in [3.63, 3.8) is 0 Å². The van der Waals surface area contributed by atoms with E-state index in [1.165, 1.54) is 13.0 Å². The highest BCUT2D eigenvalue weighted by atomic mass is 32.1. The van der Waals surface area contributed by atoms with Crippen LogP contribution in [-0.4, -0.2) is 51.6 Å². The zero-order valence-corrected chi connectivity index (χ0v) is 11.5. The number of amides is 2. The van der Waals surface area contributed by atoms with Crippen LogP contribution in [0.25, 0.3) is 0 Å². The summed E-state index contributed by atoms with van der Waals surface area (Å²) < 4.78 is 0. The minimum absolute atomic E-state index is 0.00315. The third-order valence-corrected chi connectivity index (χ3v) is 3.93. The van der Waals surface area contributed by atoms with Crippen LogP contribution in [0.5, 0.6) is 0 Å². The van der Waals surface area contributed by atoms with E-state index >= 15 is 0 Å². The molecule has 1 fully saturated rings. The Kier molecular flexibility index (Phi) is 4.05. The summed E-state index contributed by atoms with van der Waals surface area (Å²) in [4.78, 5) is 35.7. The maximum Gasteiger partial charge on any atom is 0.326 e. The topological polar surface area (TPSA) is 107 Å². The average Bonchev–Trinajstić information content (AvgIpc) is 2.94. The number of nitrogens with one attached hydrogen (secondary N) is 1. The molecule has 2 atom stereocenters. The molecule has 1 aromatic heterocycles. The molecule has 2 rings (SSSR count). The van der Waals surface area contributed by atoms with Crippen molar-refractivity contribution in [2.24, 2.45) is 0 Å². The second kappa shape index (κ2) is 5.59. The van der Waals surface area contributed by atoms with Crippen LogP contribution in [-0.2, 0) is 9.59 Å². The predicted octanol–water partition coefficient (Wildman–Crippen LogP) is 0.366. The third kappa shape index (κ3) is 2.97. The maximum absolute atomic E-state index is 12.3. The Hall–Kier alpha value is -1.93. The van der Waals surface area contributed by atoms with E-state index in [0.29, 0.717) is 9.88 Å². The predicted molar refractivity (Wildman–Crippen MR) is 71.7 cm³/mol. The average molecular weight is 298 g/mol. The lowest BCUT2D eigenvalue weighted by Crippen LogP contribution is -2.40. The third-order valence-electron chi connectivity index (χ3n) is 2.94. The first kappa shape index (κ1) is 14.5. The molecule has 7 nitrogen and oxygen atoms in total. The molecule has 0 saturated carbocycles. The molecule has 2 amide bonds. The summed E-state index contributed by atoms with van der Waals surface area (Å²) in [5.74, 6) is -1.82. The summed E-state index contributed by atoms with van der Waals surface area (Å²) in [6.07, 6.45) is -0.791. The lowest BCUT2D eigenvalue weighted by molar-refractivity contribution is -0.141. The van der Waals surface area contributed by atoms with Crippen molar-refractivity contribution in [3.05, 3.63) is 17.0 Å². The van der Waals surface area contributed by atoms with Gasteiger partial charge < -0.3 is 20.4 Å². The van der Waals surface area contributed by atoms with Crippen molar-refractivity contribution < 1.29 is 24.6 Å². The molecule has 20 heavy (non-hydrogen) atoms. The number of aliphatic carboxylic acids is 1. The van der Waals surface area contributed by atoms with Gasteiger partial charge in [-0.05, 0) is 12.1 Å². The molecule has 0 aromatic carbocycles. The number of nitrogens with zero attached hydrogens (tertiary/aromatic N) is 1. The molecule has 0 unspecified atom stereocenters. The zero-order valence-electron chi connectivity index (χ0n) is 10.7. The molecule has 1 aromatic rings. The van der Waals surface area contributed by atoms with Gasteiger partial charge in [-0.15, -0.1) is 11.3 Å². The summed E-state index contributed by atoms with van der Waals surface area (Å²) in [7, 11) is 0. The maximum atomic E-state index is 12.3. The van der Waals surface area contributed by atoms with Crippen molar-refractivity contribution in [1.29, 1.82) is 0 Å². The van der Waals surface area contributed by atoms with Gasteiger partial charge in [-0.2, -0.15) is 0 Å². The van der Waals surface area contributed by atoms with Crippen molar-refractivity contribution in [3.8, 4) is 0 Å². The Bertz CT molecular complexity index is 556. The van der Waals surface area contributed by atoms with E-state index in [0.717, 1.165) is 16.2 Å². The smallest absolute Gasteiger partial charge is 0.326 e. The molecular formula is C12H14N2O5S. The first-order valence-corrected chi connectivity index (χ1v) is 6.79. The molecule has 0 aliphatic carbocycles. The monoisotopic (exact) mass is 298 g/mol. The number of carbonyl (C=O) groups is 3. The van der Waals surface area contributed by atoms with Gasteiger partial charge in [0.05, 0.1) is 16.0 Å². The highest BCUT2D eigenvalue weighted by Crippen LogP contribution is 2.27. The van der Waals surface area contributed by atoms with Crippen LogP contribution in [0.1, 0.15) is 23.0 Å². The summed E-state index contributed by atoms with van der Waals surface area (Å²) in [5, 5.41) is 21.7. The van der Waals surface area contributed by atoms with Crippen LogP contribution in [0.2, 0.25) is 0 Å². The van der Waals surface area contributed by atoms with E-state index in [9.17, 15) is 19.5 Å². The van der Waals surface area contributed by atoms with Gasteiger partial charge in [-0.1, -0.05) is 0 Å². The van der Waals surface area contributed by atoms with Crippen LogP contribution < -0.4 is 5.32 Å². The Labute approximate surface area is 118 Å². The van der Waals surface area contributed by atoms with Gasteiger partial charge in [-0.3, -0.25) is 9.59 Å². The minimum Gasteiger partial charge on any atom is -0.480 e. The van der Waals surface area contributed by atoms with Crippen LogP contribution in [0.3, 0.4) is 0 Å². The lowest BCUT2D eigenvalue weighted by Gasteiger charge is -2.20. The van der Waals surface area contributed by atoms with E-state index < -0.39 is 24.0 Å². The van der Waals surface area contributed by atoms with Gasteiger partial charge in [0.1, 0.15) is 6.04 Å². The van der Waals surface area contributed by atoms with Crippen molar-refractivity contribution in [2.45, 2.75) is 25.5 Å². The normalized spacial score (nSPS) is 21.8. The van der Waals surface area contributed by atoms with Gasteiger partial charge in [0.25, 0.3) is 5.91 Å². The van der Waals surface area contributed by atoms with E-state index in [2.05, 4.69) is 5.32 Å². The summed E-state index contributed by atoms with van der Waals surface area (Å²) >= 11 is 1.07. The summed E-state index contributed by atoms with van der Waals surface area (Å²) in [5.41, 5.74) is 0. The number of carboxylic acid groups (broad SMARTS) is 1. The fraction of sp³-hybridized carbons (Fsp3) is 0.417. The Morgan fingerprint density at radius 1 is 1.40 bits per heavy atom. The SMILES string of the molecule is CC(=O)Nc1ccc(C(=O)N2C[C@@H](O)C[C@H]2C(=O)O)s1. The molecule has 1 aliphatic rings. The number of thiophene rings is 1. The quantitative estimate of drug-likeness (QED) is 0.747. The molecule has 8 heteroatoms. The highest BCUT2D eigenvalue weighted by molar-refractivity contribution is 7.18. The number of aliphatic hydroxyl groups is 1. The molecule has 108 valence electrons. The largest absolute Gasteiger partial charge is 0.480 e. The molecule has 0 spiro atoms. The van der Waals surface area contributed by atoms with Crippen molar-refractivity contribution >= 4 is 34.1 Å². The summed E-state index contributed by atoms with van der Waals surface area (Å²) in [6, 6.07) is 2.10. The number of anilines is 1. The van der Waals surface area contributed by atoms with E-state index in [1.54, 1.807) is 6.07 Å². The van der Waals surface area contributed by atoms with Crippen LogP contribution in [0, 0.1) is 0 Å². The summed E-state index contributed by atoms with van der Waals surface area (Å²) in [6.45, 7) is 1.36. The molecule has 2 heterocycles. The van der Waals surface area contributed by atoms with Gasteiger partial charge in [-0.25, -0.2) is 4.79 Å². The fourth-order valence-corrected chi connectivity index (χ4v) is 3.02. The number of carboxylic acids is 1. The first-order valence-electron chi connectivity index (χ1n) is 5.97. The molecule has 0 radical (unpaired) electrons. The number of hydrogen-bond donors (Lipinski definition) is 3. The number of carbonyl (C=O) groups excluding carboxylic acids is 2. The van der Waals surface area contributed by atoms with Crippen molar-refractivity contribution in [2.75, 3.05) is 11.9 Å². The molecule has 3 N–H and O–H groups in total. The van der Waals surface area contributed by atoms with Gasteiger partial charge in [0.2, 0.25) is 5.91 Å². The number of β-amino-alcohol motifs (C(OH)–C–C–N with tert-alkyl or cyclic N) is 1. The van der Waals surface area contributed by atoms with Crippen LogP contribution >= 0.6 is 11.3 Å². The van der Waals surface area contributed by atoms with Gasteiger partial charge >= 0.3 is 5.97 Å².